The van der Waals surface area contributed by atoms with Crippen LogP contribution in [0, 0.1) is 6.92 Å². The number of hydrogen-bond acceptors (Lipinski definition) is 5. The molecule has 1 aliphatic rings. The van der Waals surface area contributed by atoms with Crippen LogP contribution in [0.5, 0.6) is 5.75 Å². The number of carbonyl (C=O) groups is 2. The SMILES string of the molecule is CCN(CC)CCN1C(=O)C(=O)C(=C(O)c2ccc(OC)c(C)c2)[C@@H]1c1cccc(Br)c1. The minimum absolute atomic E-state index is 0.109. The van der Waals surface area contributed by atoms with Gasteiger partial charge in [-0.25, -0.2) is 0 Å². The molecular weight excluding hydrogens is 472 g/mol. The van der Waals surface area contributed by atoms with Crippen LogP contribution in [0.15, 0.2) is 52.5 Å². The van der Waals surface area contributed by atoms with Crippen LogP contribution in [-0.2, 0) is 9.59 Å². The Bertz CT molecular complexity index is 1050. The highest BCUT2D eigenvalue weighted by atomic mass is 79.9. The molecule has 1 aliphatic heterocycles. The van der Waals surface area contributed by atoms with Gasteiger partial charge in [-0.1, -0.05) is 41.9 Å². The number of benzene rings is 2. The summed E-state index contributed by atoms with van der Waals surface area (Å²) < 4.78 is 6.14. The molecule has 1 atom stereocenters. The van der Waals surface area contributed by atoms with Gasteiger partial charge in [0, 0.05) is 23.1 Å². The normalized spacial score (nSPS) is 17.9. The van der Waals surface area contributed by atoms with Crippen molar-refractivity contribution in [1.82, 2.24) is 9.80 Å². The van der Waals surface area contributed by atoms with Crippen LogP contribution < -0.4 is 4.74 Å². The maximum atomic E-state index is 13.1. The second-order valence-electron chi connectivity index (χ2n) is 7.76. The summed E-state index contributed by atoms with van der Waals surface area (Å²) in [6, 6.07) is 12.0. The fourth-order valence-electron chi connectivity index (χ4n) is 4.10. The molecule has 1 heterocycles. The molecule has 7 heteroatoms. The molecule has 0 radical (unpaired) electrons. The fraction of sp³-hybridized carbons (Fsp3) is 0.360. The highest BCUT2D eigenvalue weighted by Gasteiger charge is 2.46. The summed E-state index contributed by atoms with van der Waals surface area (Å²) in [4.78, 5) is 30.0. The van der Waals surface area contributed by atoms with Gasteiger partial charge in [0.15, 0.2) is 0 Å². The molecule has 170 valence electrons. The molecule has 0 bridgehead atoms. The van der Waals surface area contributed by atoms with Crippen molar-refractivity contribution < 1.29 is 19.4 Å². The van der Waals surface area contributed by atoms with Crippen molar-refractivity contribution in [2.45, 2.75) is 26.8 Å². The van der Waals surface area contributed by atoms with Crippen LogP contribution in [0.2, 0.25) is 0 Å². The number of ether oxygens (including phenoxy) is 1. The van der Waals surface area contributed by atoms with Gasteiger partial charge in [-0.15, -0.1) is 0 Å². The van der Waals surface area contributed by atoms with E-state index in [1.54, 1.807) is 30.2 Å². The Kier molecular flexibility index (Phi) is 7.74. The second-order valence-corrected chi connectivity index (χ2v) is 8.67. The number of rotatable bonds is 8. The summed E-state index contributed by atoms with van der Waals surface area (Å²) in [5.41, 5.74) is 2.18. The quantitative estimate of drug-likeness (QED) is 0.327. The number of methoxy groups -OCH3 is 1. The van der Waals surface area contributed by atoms with Crippen LogP contribution in [0.4, 0.5) is 0 Å². The lowest BCUT2D eigenvalue weighted by Crippen LogP contribution is -2.38. The number of likely N-dealkylation sites (N-methyl/N-ethyl adjacent to an activating group) is 1. The number of hydrogen-bond donors (Lipinski definition) is 1. The molecular formula is C25H29BrN2O4. The molecule has 1 amide bonds. The monoisotopic (exact) mass is 500 g/mol. The number of ketones is 1. The van der Waals surface area contributed by atoms with Gasteiger partial charge in [-0.2, -0.15) is 0 Å². The lowest BCUT2D eigenvalue weighted by molar-refractivity contribution is -0.140. The van der Waals surface area contributed by atoms with Crippen LogP contribution in [0.3, 0.4) is 0 Å². The third-order valence-corrected chi connectivity index (χ3v) is 6.42. The largest absolute Gasteiger partial charge is 0.507 e. The van der Waals surface area contributed by atoms with Gasteiger partial charge in [0.2, 0.25) is 0 Å². The molecule has 1 saturated heterocycles. The van der Waals surface area contributed by atoms with E-state index in [1.807, 2.05) is 31.2 Å². The van der Waals surface area contributed by atoms with Gasteiger partial charge in [0.1, 0.15) is 11.5 Å². The lowest BCUT2D eigenvalue weighted by atomic mass is 9.95. The number of aliphatic hydroxyl groups excluding tert-OH is 1. The summed E-state index contributed by atoms with van der Waals surface area (Å²) in [5.74, 6) is -0.747. The molecule has 0 spiro atoms. The van der Waals surface area contributed by atoms with E-state index in [0.717, 1.165) is 28.7 Å². The maximum Gasteiger partial charge on any atom is 0.295 e. The van der Waals surface area contributed by atoms with Crippen LogP contribution in [-0.4, -0.2) is 59.9 Å². The molecule has 6 nitrogen and oxygen atoms in total. The van der Waals surface area contributed by atoms with E-state index >= 15 is 0 Å². The molecule has 1 fully saturated rings. The number of Topliss-reactive ketones (excluding diaryl/α,β-unsaturated/α-hetero) is 1. The molecule has 1 N–H and O–H groups in total. The highest BCUT2D eigenvalue weighted by molar-refractivity contribution is 9.10. The number of halogens is 1. The van der Waals surface area contributed by atoms with Crippen LogP contribution in [0.25, 0.3) is 5.76 Å². The molecule has 2 aromatic carbocycles. The highest BCUT2D eigenvalue weighted by Crippen LogP contribution is 2.40. The number of amides is 1. The molecule has 0 saturated carbocycles. The second kappa shape index (κ2) is 10.3. The minimum atomic E-state index is -0.666. The van der Waals surface area contributed by atoms with Gasteiger partial charge >= 0.3 is 0 Å². The smallest absolute Gasteiger partial charge is 0.295 e. The summed E-state index contributed by atoms with van der Waals surface area (Å²) in [7, 11) is 1.58. The number of aryl methyl sites for hydroxylation is 1. The number of likely N-dealkylation sites (tertiary alicyclic amines) is 1. The summed E-state index contributed by atoms with van der Waals surface area (Å²) in [6.07, 6.45) is 0. The maximum absolute atomic E-state index is 13.1. The zero-order chi connectivity index (χ0) is 23.4. The van der Waals surface area contributed by atoms with Crippen molar-refractivity contribution >= 4 is 33.4 Å². The average Bonchev–Trinajstić information content (AvgIpc) is 3.04. The van der Waals surface area contributed by atoms with Gasteiger partial charge in [-0.05, 0) is 61.5 Å². The fourth-order valence-corrected chi connectivity index (χ4v) is 4.52. The summed E-state index contributed by atoms with van der Waals surface area (Å²) in [6.45, 7) is 8.74. The Hall–Kier alpha value is -2.64. The zero-order valence-corrected chi connectivity index (χ0v) is 20.5. The molecule has 32 heavy (non-hydrogen) atoms. The Balaban J connectivity index is 2.12. The van der Waals surface area contributed by atoms with Gasteiger partial charge < -0.3 is 19.6 Å². The van der Waals surface area contributed by atoms with Crippen molar-refractivity contribution in [2.24, 2.45) is 0 Å². The van der Waals surface area contributed by atoms with E-state index in [-0.39, 0.29) is 11.3 Å². The average molecular weight is 501 g/mol. The molecule has 0 aliphatic carbocycles. The minimum Gasteiger partial charge on any atom is -0.507 e. The Morgan fingerprint density at radius 2 is 1.88 bits per heavy atom. The predicted molar refractivity (Wildman–Crippen MR) is 129 cm³/mol. The van der Waals surface area contributed by atoms with Crippen molar-refractivity contribution in [1.29, 1.82) is 0 Å². The number of aliphatic hydroxyl groups is 1. The summed E-state index contributed by atoms with van der Waals surface area (Å²) >= 11 is 3.48. The zero-order valence-electron chi connectivity index (χ0n) is 18.9. The first-order valence-electron chi connectivity index (χ1n) is 10.7. The van der Waals surface area contributed by atoms with Crippen molar-refractivity contribution in [3.63, 3.8) is 0 Å². The molecule has 2 aromatic rings. The third kappa shape index (κ3) is 4.74. The number of carbonyl (C=O) groups excluding carboxylic acids is 2. The van der Waals surface area contributed by atoms with E-state index in [4.69, 9.17) is 4.74 Å². The molecule has 0 aromatic heterocycles. The van der Waals surface area contributed by atoms with E-state index in [1.165, 1.54) is 0 Å². The first-order valence-corrected chi connectivity index (χ1v) is 11.5. The first-order chi connectivity index (χ1) is 15.3. The first kappa shape index (κ1) is 24.0. The van der Waals surface area contributed by atoms with E-state index in [9.17, 15) is 14.7 Å². The standard InChI is InChI=1S/C25H29BrN2O4/c1-5-27(6-2)12-13-28-22(17-8-7-9-19(26)15-17)21(24(30)25(28)31)23(29)18-10-11-20(32-4)16(3)14-18/h7-11,14-15,22,29H,5-6,12-13H2,1-4H3/t22-/m0/s1. The van der Waals surface area contributed by atoms with Crippen molar-refractivity contribution in [3.8, 4) is 5.75 Å². The predicted octanol–water partition coefficient (Wildman–Crippen LogP) is 4.53. The van der Waals surface area contributed by atoms with E-state index in [0.29, 0.717) is 24.4 Å². The Morgan fingerprint density at radius 3 is 2.47 bits per heavy atom. The molecule has 0 unspecified atom stereocenters. The third-order valence-electron chi connectivity index (χ3n) is 5.92. The van der Waals surface area contributed by atoms with Crippen molar-refractivity contribution in [2.75, 3.05) is 33.3 Å². The van der Waals surface area contributed by atoms with E-state index < -0.39 is 17.7 Å². The molecule has 3 rings (SSSR count). The van der Waals surface area contributed by atoms with E-state index in [2.05, 4.69) is 34.7 Å². The Labute approximate surface area is 197 Å². The Morgan fingerprint density at radius 1 is 1.16 bits per heavy atom. The van der Waals surface area contributed by atoms with Gasteiger partial charge in [0.25, 0.3) is 11.7 Å². The van der Waals surface area contributed by atoms with Gasteiger partial charge in [-0.3, -0.25) is 9.59 Å². The van der Waals surface area contributed by atoms with Crippen LogP contribution in [0.1, 0.15) is 36.6 Å². The summed E-state index contributed by atoms with van der Waals surface area (Å²) in [5, 5.41) is 11.2. The van der Waals surface area contributed by atoms with Crippen LogP contribution >= 0.6 is 15.9 Å². The topological polar surface area (TPSA) is 70.1 Å². The van der Waals surface area contributed by atoms with Crippen molar-refractivity contribution in [3.05, 3.63) is 69.2 Å². The lowest BCUT2D eigenvalue weighted by Gasteiger charge is -2.28. The number of nitrogens with zero attached hydrogens (tertiary/aromatic N) is 2. The van der Waals surface area contributed by atoms with Gasteiger partial charge in [0.05, 0.1) is 18.7 Å².